The highest BCUT2D eigenvalue weighted by Crippen LogP contribution is 2.37. The van der Waals surface area contributed by atoms with Gasteiger partial charge in [-0.3, -0.25) is 19.2 Å². The third kappa shape index (κ3) is 11.9. The van der Waals surface area contributed by atoms with Gasteiger partial charge in [0.2, 0.25) is 17.7 Å². The number of cyclic esters (lactones) is 1. The minimum atomic E-state index is -2.45. The molecule has 1 aliphatic heterocycles. The van der Waals surface area contributed by atoms with Crippen molar-refractivity contribution in [2.24, 2.45) is 17.8 Å². The van der Waals surface area contributed by atoms with Gasteiger partial charge in [0.15, 0.2) is 8.07 Å². The Morgan fingerprint density at radius 3 is 2.23 bits per heavy atom. The minimum absolute atomic E-state index is 0.0351. The lowest BCUT2D eigenvalue weighted by molar-refractivity contribution is -0.162. The molecule has 0 fully saturated rings. The Bertz CT molecular complexity index is 1060. The molecule has 0 saturated heterocycles. The summed E-state index contributed by atoms with van der Waals surface area (Å²) in [7, 11) is -2.45. The molecular formula is C33H57N3O7Si. The van der Waals surface area contributed by atoms with E-state index in [-0.39, 0.29) is 41.2 Å². The Morgan fingerprint density at radius 1 is 1.02 bits per heavy atom. The van der Waals surface area contributed by atoms with E-state index in [1.54, 1.807) is 13.8 Å². The number of hydrogen-bond acceptors (Lipinski definition) is 7. The maximum absolute atomic E-state index is 13.8. The van der Waals surface area contributed by atoms with Gasteiger partial charge in [-0.1, -0.05) is 93.8 Å². The first-order valence-corrected chi connectivity index (χ1v) is 19.0. The molecule has 0 radical (unpaired) electrons. The molecule has 44 heavy (non-hydrogen) atoms. The number of hydrogen-bond donors (Lipinski definition) is 3. The summed E-state index contributed by atoms with van der Waals surface area (Å²) in [5.41, 5.74) is -0.0973. The Kier molecular flexibility index (Phi) is 15.6. The molecule has 3 amide bonds. The number of unbranched alkanes of at least 4 members (excludes halogenated alkanes) is 3. The van der Waals surface area contributed by atoms with Crippen molar-refractivity contribution in [3.8, 4) is 0 Å². The van der Waals surface area contributed by atoms with Crippen LogP contribution in [0.3, 0.4) is 0 Å². The van der Waals surface area contributed by atoms with Crippen LogP contribution in [0.25, 0.3) is 0 Å². The average molecular weight is 636 g/mol. The van der Waals surface area contributed by atoms with E-state index in [4.69, 9.17) is 9.47 Å². The van der Waals surface area contributed by atoms with E-state index in [1.165, 1.54) is 19.1 Å². The molecule has 0 spiro atoms. The molecule has 1 rings (SSSR count). The van der Waals surface area contributed by atoms with Gasteiger partial charge >= 0.3 is 5.97 Å². The van der Waals surface area contributed by atoms with Crippen LogP contribution in [0.1, 0.15) is 93.9 Å². The molecule has 0 aromatic heterocycles. The van der Waals surface area contributed by atoms with E-state index < -0.39 is 55.9 Å². The zero-order valence-corrected chi connectivity index (χ0v) is 29.6. The van der Waals surface area contributed by atoms with Gasteiger partial charge in [-0.15, -0.1) is 0 Å². The molecule has 3 N–H and O–H groups in total. The van der Waals surface area contributed by atoms with Crippen molar-refractivity contribution < 1.29 is 33.4 Å². The maximum Gasteiger partial charge on any atom is 0.329 e. The summed E-state index contributed by atoms with van der Waals surface area (Å²) in [6, 6.07) is -1.93. The highest BCUT2D eigenvalue weighted by atomic mass is 28.3. The molecule has 0 bridgehead atoms. The molecular weight excluding hydrogens is 578 g/mol. The summed E-state index contributed by atoms with van der Waals surface area (Å²) in [6.45, 7) is 23.0. The molecule has 0 saturated carbocycles. The number of allylic oxidation sites excluding steroid dienone is 1. The molecule has 5 atom stereocenters. The van der Waals surface area contributed by atoms with Crippen LogP contribution in [-0.2, 0) is 28.7 Å². The minimum Gasteiger partial charge on any atom is -0.470 e. The monoisotopic (exact) mass is 635 g/mol. The third-order valence-electron chi connectivity index (χ3n) is 8.80. The van der Waals surface area contributed by atoms with Gasteiger partial charge < -0.3 is 25.4 Å². The maximum atomic E-state index is 13.8. The lowest BCUT2D eigenvalue weighted by Gasteiger charge is -2.35. The normalized spacial score (nSPS) is 24.3. The fourth-order valence-electron chi connectivity index (χ4n) is 4.64. The van der Waals surface area contributed by atoms with Crippen LogP contribution in [0, 0.1) is 17.8 Å². The quantitative estimate of drug-likeness (QED) is 0.153. The number of ether oxygens (including phenoxy) is 2. The van der Waals surface area contributed by atoms with Crippen molar-refractivity contribution in [1.29, 1.82) is 0 Å². The predicted molar refractivity (Wildman–Crippen MR) is 175 cm³/mol. The van der Waals surface area contributed by atoms with E-state index in [0.29, 0.717) is 6.42 Å². The molecule has 250 valence electrons. The van der Waals surface area contributed by atoms with Crippen LogP contribution in [0.15, 0.2) is 24.4 Å². The number of esters is 1. The first kappa shape index (κ1) is 39.1. The smallest absolute Gasteiger partial charge is 0.329 e. The largest absolute Gasteiger partial charge is 0.470 e. The standard InChI is InChI=1S/C33H57N3O7Si/c1-12-13-14-15-16-22(4)28-25(19-20-42-32(41)44(10,11)33(7,8)9)30(39)34-23(5)17-18-26(37)35-24(6)29(38)36-27(21(2)3)31(40)43-28/h17-18,21-22,24-25,27-28H,5,12-16,19-20H2,1-4,6-11H3,(H,34,39)(H,35,37)(H,36,38)/b18-17+/t22-,24+,25+,27-,28+/m1/s1. The van der Waals surface area contributed by atoms with Crippen molar-refractivity contribution >= 4 is 37.4 Å². The van der Waals surface area contributed by atoms with Gasteiger partial charge in [0.1, 0.15) is 18.2 Å². The van der Waals surface area contributed by atoms with E-state index in [2.05, 4.69) is 29.5 Å². The van der Waals surface area contributed by atoms with Crippen LogP contribution in [0.5, 0.6) is 0 Å². The Balaban J connectivity index is 3.51. The summed E-state index contributed by atoms with van der Waals surface area (Å²) in [6.07, 6.45) is 6.51. The molecule has 0 aromatic carbocycles. The summed E-state index contributed by atoms with van der Waals surface area (Å²) in [5, 5.41) is 7.77. The van der Waals surface area contributed by atoms with Crippen molar-refractivity contribution in [3.63, 3.8) is 0 Å². The average Bonchev–Trinajstić information content (AvgIpc) is 2.92. The number of carbonyl (C=O) groups is 5. The number of amides is 3. The van der Waals surface area contributed by atoms with Crippen molar-refractivity contribution in [1.82, 2.24) is 16.0 Å². The summed E-state index contributed by atoms with van der Waals surface area (Å²) in [5.74, 6) is -3.66. The second-order valence-corrected chi connectivity index (χ2v) is 19.1. The summed E-state index contributed by atoms with van der Waals surface area (Å²) >= 11 is 0. The fraction of sp³-hybridized carbons (Fsp3) is 0.727. The highest BCUT2D eigenvalue weighted by Gasteiger charge is 2.45. The van der Waals surface area contributed by atoms with E-state index in [9.17, 15) is 24.0 Å². The second-order valence-electron chi connectivity index (χ2n) is 13.9. The van der Waals surface area contributed by atoms with Crippen molar-refractivity contribution in [2.45, 2.75) is 130 Å². The van der Waals surface area contributed by atoms with Gasteiger partial charge in [0.25, 0.3) is 5.59 Å². The SMILES string of the molecule is C=C1/C=C/C(=O)N[C@@H](C)C(=O)N[C@H](C(C)C)C(=O)O[C@@H]([C@H](C)CCCCCC)[C@H](CCOC(=O)[Si](C)(C)C(C)(C)C)C(=O)N1. The first-order chi connectivity index (χ1) is 20.3. The third-order valence-corrected chi connectivity index (χ3v) is 13.7. The van der Waals surface area contributed by atoms with Crippen LogP contribution >= 0.6 is 0 Å². The predicted octanol–water partition coefficient (Wildman–Crippen LogP) is 5.58. The molecule has 0 aliphatic carbocycles. The van der Waals surface area contributed by atoms with E-state index >= 15 is 0 Å². The highest BCUT2D eigenvalue weighted by molar-refractivity contribution is 7.05. The molecule has 1 aliphatic rings. The fourth-order valence-corrected chi connectivity index (χ4v) is 5.72. The molecule has 11 heteroatoms. The molecule has 1 heterocycles. The van der Waals surface area contributed by atoms with Gasteiger partial charge in [0.05, 0.1) is 12.5 Å². The zero-order chi connectivity index (χ0) is 33.8. The molecule has 0 aromatic rings. The van der Waals surface area contributed by atoms with E-state index in [0.717, 1.165) is 25.7 Å². The van der Waals surface area contributed by atoms with Crippen LogP contribution in [0.2, 0.25) is 18.1 Å². The number of rotatable bonds is 11. The van der Waals surface area contributed by atoms with E-state index in [1.807, 2.05) is 40.8 Å². The molecule has 10 nitrogen and oxygen atoms in total. The van der Waals surface area contributed by atoms with Crippen LogP contribution < -0.4 is 16.0 Å². The summed E-state index contributed by atoms with van der Waals surface area (Å²) in [4.78, 5) is 65.9. The number of carbonyl (C=O) groups excluding carboxylic acids is 5. The summed E-state index contributed by atoms with van der Waals surface area (Å²) < 4.78 is 11.9. The lowest BCUT2D eigenvalue weighted by atomic mass is 9.85. The van der Waals surface area contributed by atoms with Gasteiger partial charge in [-0.25, -0.2) is 4.79 Å². The Hall–Kier alpha value is -2.95. The topological polar surface area (TPSA) is 140 Å². The Labute approximate surface area is 265 Å². The number of nitrogens with one attached hydrogen (secondary N) is 3. The Morgan fingerprint density at radius 2 is 1.66 bits per heavy atom. The first-order valence-electron chi connectivity index (χ1n) is 16.0. The second kappa shape index (κ2) is 17.5. The van der Waals surface area contributed by atoms with Crippen molar-refractivity contribution in [2.75, 3.05) is 6.61 Å². The van der Waals surface area contributed by atoms with Gasteiger partial charge in [-0.2, -0.15) is 0 Å². The zero-order valence-electron chi connectivity index (χ0n) is 28.6. The molecule has 0 unspecified atom stereocenters. The van der Waals surface area contributed by atoms with Crippen molar-refractivity contribution in [3.05, 3.63) is 24.4 Å². The van der Waals surface area contributed by atoms with Crippen LogP contribution in [0.4, 0.5) is 4.79 Å². The van der Waals surface area contributed by atoms with Crippen LogP contribution in [-0.4, -0.2) is 62.2 Å². The van der Waals surface area contributed by atoms with Gasteiger partial charge in [0, 0.05) is 11.8 Å². The lowest BCUT2D eigenvalue weighted by Crippen LogP contribution is -2.53. The van der Waals surface area contributed by atoms with Gasteiger partial charge in [-0.05, 0) is 42.7 Å².